The van der Waals surface area contributed by atoms with Crippen molar-refractivity contribution in [3.63, 3.8) is 0 Å². The molecule has 1 heterocycles. The molecule has 1 aliphatic carbocycles. The van der Waals surface area contributed by atoms with E-state index < -0.39 is 0 Å². The third kappa shape index (κ3) is 3.34. The van der Waals surface area contributed by atoms with Gasteiger partial charge >= 0.3 is 0 Å². The summed E-state index contributed by atoms with van der Waals surface area (Å²) in [7, 11) is 0. The highest BCUT2D eigenvalue weighted by Gasteiger charge is 2.31. The predicted molar refractivity (Wildman–Crippen MR) is 88.6 cm³/mol. The lowest BCUT2D eigenvalue weighted by molar-refractivity contribution is 0.173. The molecule has 0 bridgehead atoms. The first-order valence-corrected chi connectivity index (χ1v) is 8.11. The second-order valence-corrected chi connectivity index (χ2v) is 6.79. The summed E-state index contributed by atoms with van der Waals surface area (Å²) in [6, 6.07) is 6.69. The van der Waals surface area contributed by atoms with Gasteiger partial charge in [-0.2, -0.15) is 0 Å². The minimum atomic E-state index is -0.191. The molecule has 0 spiro atoms. The predicted octanol–water partition coefficient (Wildman–Crippen LogP) is 2.45. The number of aliphatic imine (C=N–C) groups is 1. The van der Waals surface area contributed by atoms with E-state index in [1.54, 1.807) is 0 Å². The number of benzene rings is 1. The Labute approximate surface area is 131 Å². The fourth-order valence-corrected chi connectivity index (χ4v) is 3.16. The Morgan fingerprint density at radius 2 is 1.82 bits per heavy atom. The maximum Gasteiger partial charge on any atom is 0.191 e. The summed E-state index contributed by atoms with van der Waals surface area (Å²) in [6.07, 6.45) is 3.85. The average molecular weight is 304 g/mol. The fourth-order valence-electron chi connectivity index (χ4n) is 3.16. The Hall–Kier alpha value is -1.78. The van der Waals surface area contributed by atoms with Crippen LogP contribution < -0.4 is 10.6 Å². The fraction of sp³-hybridized carbons (Fsp3) is 0.588. The zero-order chi connectivity index (χ0) is 15.6. The van der Waals surface area contributed by atoms with Crippen molar-refractivity contribution in [1.29, 1.82) is 0 Å². The summed E-state index contributed by atoms with van der Waals surface area (Å²) < 4.78 is 13.0. The molecule has 2 fully saturated rings. The summed E-state index contributed by atoms with van der Waals surface area (Å²) in [4.78, 5) is 9.02. The number of hydrogen-bond acceptors (Lipinski definition) is 2. The second kappa shape index (κ2) is 6.15. The Balaban J connectivity index is 1.52. The molecule has 4 nitrogen and oxygen atoms in total. The highest BCUT2D eigenvalue weighted by molar-refractivity contribution is 5.78. The zero-order valence-corrected chi connectivity index (χ0v) is 13.3. The van der Waals surface area contributed by atoms with E-state index in [9.17, 15) is 4.39 Å². The van der Waals surface area contributed by atoms with Crippen molar-refractivity contribution in [3.8, 4) is 0 Å². The van der Waals surface area contributed by atoms with Crippen molar-refractivity contribution in [2.45, 2.75) is 26.2 Å². The van der Waals surface area contributed by atoms with Gasteiger partial charge in [-0.3, -0.25) is 4.99 Å². The van der Waals surface area contributed by atoms with Crippen LogP contribution in [0.4, 0.5) is 10.1 Å². The van der Waals surface area contributed by atoms with E-state index in [2.05, 4.69) is 21.7 Å². The van der Waals surface area contributed by atoms with E-state index in [1.807, 2.05) is 12.1 Å². The molecule has 1 saturated heterocycles. The molecule has 5 heteroatoms. The molecule has 1 aromatic carbocycles. The van der Waals surface area contributed by atoms with Gasteiger partial charge < -0.3 is 15.5 Å². The Kier molecular flexibility index (Phi) is 4.23. The standard InChI is InChI=1S/C17H25FN4/c1-17(7-2-8-17)13-20-16(19)22-11-9-21(10-12-22)15-5-3-14(18)4-6-15/h3-6H,2,7-13H2,1H3,(H2,19,20). The summed E-state index contributed by atoms with van der Waals surface area (Å²) in [5.41, 5.74) is 7.59. The maximum absolute atomic E-state index is 13.0. The van der Waals surface area contributed by atoms with Gasteiger partial charge in [0.2, 0.25) is 0 Å². The lowest BCUT2D eigenvalue weighted by Crippen LogP contribution is -2.51. The summed E-state index contributed by atoms with van der Waals surface area (Å²) in [5.74, 6) is 0.482. The number of piperazine rings is 1. The molecule has 0 aromatic heterocycles. The van der Waals surface area contributed by atoms with Gasteiger partial charge in [0.25, 0.3) is 0 Å². The van der Waals surface area contributed by atoms with Crippen molar-refractivity contribution in [2.24, 2.45) is 16.1 Å². The van der Waals surface area contributed by atoms with Crippen LogP contribution in [0.1, 0.15) is 26.2 Å². The monoisotopic (exact) mass is 304 g/mol. The largest absolute Gasteiger partial charge is 0.370 e. The third-order valence-electron chi connectivity index (χ3n) is 4.98. The molecule has 2 N–H and O–H groups in total. The van der Waals surface area contributed by atoms with Gasteiger partial charge in [-0.15, -0.1) is 0 Å². The van der Waals surface area contributed by atoms with Crippen LogP contribution in [0.15, 0.2) is 29.3 Å². The van der Waals surface area contributed by atoms with Gasteiger partial charge in [0, 0.05) is 38.4 Å². The number of guanidine groups is 1. The molecule has 0 amide bonds. The highest BCUT2D eigenvalue weighted by Crippen LogP contribution is 2.40. The molecule has 3 rings (SSSR count). The van der Waals surface area contributed by atoms with Crippen LogP contribution in [0.2, 0.25) is 0 Å². The van der Waals surface area contributed by atoms with Crippen LogP contribution in [0.5, 0.6) is 0 Å². The van der Waals surface area contributed by atoms with E-state index in [4.69, 9.17) is 5.73 Å². The average Bonchev–Trinajstić information content (AvgIpc) is 2.52. The molecular weight excluding hydrogens is 279 g/mol. The lowest BCUT2D eigenvalue weighted by atomic mass is 9.71. The normalized spacial score (nSPS) is 21.6. The van der Waals surface area contributed by atoms with Crippen LogP contribution in [-0.4, -0.2) is 43.6 Å². The van der Waals surface area contributed by atoms with Crippen molar-refractivity contribution in [2.75, 3.05) is 37.6 Å². The van der Waals surface area contributed by atoms with E-state index >= 15 is 0 Å². The first-order chi connectivity index (χ1) is 10.6. The first-order valence-electron chi connectivity index (χ1n) is 8.11. The van der Waals surface area contributed by atoms with Crippen LogP contribution in [0.3, 0.4) is 0 Å². The van der Waals surface area contributed by atoms with Gasteiger partial charge in [-0.25, -0.2) is 4.39 Å². The van der Waals surface area contributed by atoms with Crippen molar-refractivity contribution in [3.05, 3.63) is 30.1 Å². The first kappa shape index (κ1) is 15.1. The Bertz CT molecular complexity index is 528. The van der Waals surface area contributed by atoms with Gasteiger partial charge in [0.15, 0.2) is 5.96 Å². The maximum atomic E-state index is 13.0. The van der Waals surface area contributed by atoms with Gasteiger partial charge in [-0.05, 0) is 42.5 Å². The van der Waals surface area contributed by atoms with Crippen LogP contribution in [-0.2, 0) is 0 Å². The number of hydrogen-bond donors (Lipinski definition) is 1. The lowest BCUT2D eigenvalue weighted by Gasteiger charge is -2.39. The molecule has 1 aromatic rings. The number of nitrogens with zero attached hydrogens (tertiary/aromatic N) is 3. The summed E-state index contributed by atoms with van der Waals surface area (Å²) >= 11 is 0. The number of nitrogens with two attached hydrogens (primary N) is 1. The summed E-state index contributed by atoms with van der Waals surface area (Å²) in [6.45, 7) is 6.64. The number of halogens is 1. The van der Waals surface area contributed by atoms with Gasteiger partial charge in [-0.1, -0.05) is 13.3 Å². The van der Waals surface area contributed by atoms with E-state index in [1.165, 1.54) is 31.4 Å². The molecule has 22 heavy (non-hydrogen) atoms. The Morgan fingerprint density at radius 3 is 2.36 bits per heavy atom. The molecule has 120 valence electrons. The van der Waals surface area contributed by atoms with Crippen LogP contribution in [0, 0.1) is 11.2 Å². The molecule has 1 aliphatic heterocycles. The second-order valence-electron chi connectivity index (χ2n) is 6.79. The summed E-state index contributed by atoms with van der Waals surface area (Å²) in [5, 5.41) is 0. The van der Waals surface area contributed by atoms with Crippen molar-refractivity contribution >= 4 is 11.6 Å². The minimum Gasteiger partial charge on any atom is -0.370 e. The van der Waals surface area contributed by atoms with Gasteiger partial charge in [0.1, 0.15) is 5.82 Å². The molecule has 1 saturated carbocycles. The van der Waals surface area contributed by atoms with E-state index in [0.29, 0.717) is 11.4 Å². The molecule has 0 radical (unpaired) electrons. The zero-order valence-electron chi connectivity index (χ0n) is 13.3. The molecule has 0 unspecified atom stereocenters. The van der Waals surface area contributed by atoms with Crippen molar-refractivity contribution < 1.29 is 4.39 Å². The molecule has 2 aliphatic rings. The topological polar surface area (TPSA) is 44.9 Å². The van der Waals surface area contributed by atoms with E-state index in [-0.39, 0.29) is 5.82 Å². The number of anilines is 1. The van der Waals surface area contributed by atoms with Gasteiger partial charge in [0.05, 0.1) is 0 Å². The SMILES string of the molecule is CC1(CN=C(N)N2CCN(c3ccc(F)cc3)CC2)CCC1. The van der Waals surface area contributed by atoms with Crippen LogP contribution in [0.25, 0.3) is 0 Å². The smallest absolute Gasteiger partial charge is 0.191 e. The highest BCUT2D eigenvalue weighted by atomic mass is 19.1. The van der Waals surface area contributed by atoms with Crippen LogP contribution >= 0.6 is 0 Å². The number of rotatable bonds is 3. The quantitative estimate of drug-likeness (QED) is 0.689. The Morgan fingerprint density at radius 1 is 1.18 bits per heavy atom. The van der Waals surface area contributed by atoms with E-state index in [0.717, 1.165) is 38.4 Å². The molecular formula is C17H25FN4. The minimum absolute atomic E-state index is 0.191. The van der Waals surface area contributed by atoms with Crippen molar-refractivity contribution in [1.82, 2.24) is 4.90 Å². The third-order valence-corrected chi connectivity index (χ3v) is 4.98. The molecule has 0 atom stereocenters.